The van der Waals surface area contributed by atoms with E-state index in [0.717, 1.165) is 31.7 Å². The Hall–Kier alpha value is -2.12. The fraction of sp³-hybridized carbons (Fsp3) is 0.364. The molecule has 1 aliphatic heterocycles. The van der Waals surface area contributed by atoms with Crippen LogP contribution in [0.15, 0.2) is 48.5 Å². The molecule has 6 nitrogen and oxygen atoms in total. The summed E-state index contributed by atoms with van der Waals surface area (Å²) in [4.78, 5) is 28.9. The van der Waals surface area contributed by atoms with Crippen LogP contribution < -0.4 is 10.6 Å². The summed E-state index contributed by atoms with van der Waals surface area (Å²) < 4.78 is 0. The van der Waals surface area contributed by atoms with Gasteiger partial charge in [0.1, 0.15) is 0 Å². The number of carbonyl (C=O) groups is 2. The lowest BCUT2D eigenvalue weighted by molar-refractivity contribution is -0.124. The van der Waals surface area contributed by atoms with Crippen LogP contribution >= 0.6 is 23.2 Å². The number of halogens is 2. The number of anilines is 1. The van der Waals surface area contributed by atoms with Crippen molar-refractivity contribution >= 4 is 40.7 Å². The van der Waals surface area contributed by atoms with Crippen molar-refractivity contribution in [2.75, 3.05) is 44.6 Å². The van der Waals surface area contributed by atoms with Crippen molar-refractivity contribution in [3.8, 4) is 0 Å². The maximum atomic E-state index is 12.4. The molecule has 8 heteroatoms. The fourth-order valence-corrected chi connectivity index (χ4v) is 3.94. The first-order valence-electron chi connectivity index (χ1n) is 9.95. The van der Waals surface area contributed by atoms with E-state index in [1.807, 2.05) is 43.3 Å². The number of benzene rings is 2. The van der Waals surface area contributed by atoms with E-state index in [2.05, 4.69) is 20.4 Å². The van der Waals surface area contributed by atoms with Crippen molar-refractivity contribution in [2.24, 2.45) is 0 Å². The molecule has 0 spiro atoms. The minimum Gasteiger partial charge on any atom is -0.348 e. The minimum absolute atomic E-state index is 0.0349. The second-order valence-corrected chi connectivity index (χ2v) is 8.21. The van der Waals surface area contributed by atoms with Crippen molar-refractivity contribution in [2.45, 2.75) is 13.0 Å². The van der Waals surface area contributed by atoms with Crippen molar-refractivity contribution in [1.29, 1.82) is 0 Å². The molecular weight excluding hydrogens is 423 g/mol. The van der Waals surface area contributed by atoms with Gasteiger partial charge < -0.3 is 10.6 Å². The Labute approximate surface area is 187 Å². The van der Waals surface area contributed by atoms with Gasteiger partial charge >= 0.3 is 0 Å². The van der Waals surface area contributed by atoms with Gasteiger partial charge in [0.2, 0.25) is 11.8 Å². The minimum atomic E-state index is -0.152. The van der Waals surface area contributed by atoms with Gasteiger partial charge in [-0.15, -0.1) is 0 Å². The molecule has 0 unspecified atom stereocenters. The first-order chi connectivity index (χ1) is 14.4. The topological polar surface area (TPSA) is 64.7 Å². The lowest BCUT2D eigenvalue weighted by Crippen LogP contribution is -2.51. The number of hydrogen-bond donors (Lipinski definition) is 2. The molecule has 2 aromatic carbocycles. The lowest BCUT2D eigenvalue weighted by atomic mass is 10.1. The van der Waals surface area contributed by atoms with Crippen LogP contribution in [0, 0.1) is 0 Å². The molecule has 2 N–H and O–H groups in total. The molecule has 3 rings (SSSR count). The number of piperazine rings is 1. The molecule has 30 heavy (non-hydrogen) atoms. The zero-order valence-electron chi connectivity index (χ0n) is 16.9. The first kappa shape index (κ1) is 22.6. The van der Waals surface area contributed by atoms with Crippen LogP contribution in [0.4, 0.5) is 5.69 Å². The molecule has 1 fully saturated rings. The van der Waals surface area contributed by atoms with Crippen LogP contribution in [-0.4, -0.2) is 60.9 Å². The van der Waals surface area contributed by atoms with Crippen LogP contribution in [0.25, 0.3) is 0 Å². The van der Waals surface area contributed by atoms with Crippen LogP contribution in [0.3, 0.4) is 0 Å². The Morgan fingerprint density at radius 3 is 2.00 bits per heavy atom. The van der Waals surface area contributed by atoms with Gasteiger partial charge in [0.05, 0.1) is 29.8 Å². The number of amides is 2. The van der Waals surface area contributed by atoms with Crippen LogP contribution in [0.1, 0.15) is 18.5 Å². The highest BCUT2D eigenvalue weighted by Gasteiger charge is 2.22. The smallest absolute Gasteiger partial charge is 0.238 e. The van der Waals surface area contributed by atoms with Crippen LogP contribution in [-0.2, 0) is 9.59 Å². The van der Waals surface area contributed by atoms with E-state index in [9.17, 15) is 9.59 Å². The van der Waals surface area contributed by atoms with Crippen molar-refractivity contribution in [1.82, 2.24) is 15.1 Å². The number of carbonyl (C=O) groups excluding carboxylic acids is 2. The monoisotopic (exact) mass is 448 g/mol. The Morgan fingerprint density at radius 1 is 0.867 bits per heavy atom. The predicted octanol–water partition coefficient (Wildman–Crippen LogP) is 3.43. The number of rotatable bonds is 7. The average molecular weight is 449 g/mol. The Balaban J connectivity index is 1.40. The molecule has 2 amide bonds. The number of nitrogens with one attached hydrogen (secondary N) is 2. The van der Waals surface area contributed by atoms with Crippen molar-refractivity contribution in [3.63, 3.8) is 0 Å². The molecule has 0 saturated carbocycles. The zero-order valence-corrected chi connectivity index (χ0v) is 18.4. The molecule has 1 atom stereocenters. The molecule has 1 heterocycles. The quantitative estimate of drug-likeness (QED) is 0.680. The summed E-state index contributed by atoms with van der Waals surface area (Å²) in [5, 5.41) is 7.01. The molecule has 0 aromatic heterocycles. The van der Waals surface area contributed by atoms with Gasteiger partial charge in [-0.2, -0.15) is 0 Å². The molecule has 0 bridgehead atoms. The average Bonchev–Trinajstić information content (AvgIpc) is 2.71. The zero-order chi connectivity index (χ0) is 21.5. The molecule has 160 valence electrons. The summed E-state index contributed by atoms with van der Waals surface area (Å²) >= 11 is 12.3. The lowest BCUT2D eigenvalue weighted by Gasteiger charge is -2.34. The van der Waals surface area contributed by atoms with Crippen LogP contribution in [0.5, 0.6) is 0 Å². The standard InChI is InChI=1S/C22H26Cl2N4O2/c1-16(17-6-2-3-7-18(17)23)25-21(29)14-27-10-12-28(13-11-27)15-22(30)26-20-9-5-4-8-19(20)24/h2-9,16H,10-15H2,1H3,(H,25,29)(H,26,30)/t16-/m1/s1. The highest BCUT2D eigenvalue weighted by atomic mass is 35.5. The molecular formula is C22H26Cl2N4O2. The normalized spacial score (nSPS) is 16.1. The number of hydrogen-bond acceptors (Lipinski definition) is 4. The predicted molar refractivity (Wildman–Crippen MR) is 121 cm³/mol. The summed E-state index contributed by atoms with van der Waals surface area (Å²) in [5.41, 5.74) is 1.52. The second kappa shape index (κ2) is 10.8. The van der Waals surface area contributed by atoms with E-state index < -0.39 is 0 Å². The Bertz CT molecular complexity index is 885. The van der Waals surface area contributed by atoms with E-state index in [-0.39, 0.29) is 17.9 Å². The maximum Gasteiger partial charge on any atom is 0.238 e. The third-order valence-corrected chi connectivity index (χ3v) is 5.77. The summed E-state index contributed by atoms with van der Waals surface area (Å²) in [6.07, 6.45) is 0. The van der Waals surface area contributed by atoms with Crippen molar-refractivity contribution < 1.29 is 9.59 Å². The van der Waals surface area contributed by atoms with Crippen LogP contribution in [0.2, 0.25) is 10.0 Å². The molecule has 1 saturated heterocycles. The van der Waals surface area contributed by atoms with E-state index >= 15 is 0 Å². The molecule has 2 aromatic rings. The fourth-order valence-electron chi connectivity index (χ4n) is 3.46. The maximum absolute atomic E-state index is 12.4. The highest BCUT2D eigenvalue weighted by Crippen LogP contribution is 2.22. The summed E-state index contributed by atoms with van der Waals surface area (Å²) in [6.45, 7) is 5.46. The largest absolute Gasteiger partial charge is 0.348 e. The number of nitrogens with zero attached hydrogens (tertiary/aromatic N) is 2. The summed E-state index contributed by atoms with van der Waals surface area (Å²) in [7, 11) is 0. The van der Waals surface area contributed by atoms with E-state index in [1.165, 1.54) is 0 Å². The Kier molecular flexibility index (Phi) is 8.10. The van der Waals surface area contributed by atoms with Gasteiger partial charge in [-0.1, -0.05) is 53.5 Å². The van der Waals surface area contributed by atoms with Gasteiger partial charge in [-0.3, -0.25) is 19.4 Å². The third kappa shape index (κ3) is 6.44. The second-order valence-electron chi connectivity index (χ2n) is 7.39. The Morgan fingerprint density at radius 2 is 1.40 bits per heavy atom. The summed E-state index contributed by atoms with van der Waals surface area (Å²) in [6, 6.07) is 14.5. The van der Waals surface area contributed by atoms with Gasteiger partial charge in [-0.25, -0.2) is 0 Å². The first-order valence-corrected chi connectivity index (χ1v) is 10.7. The van der Waals surface area contributed by atoms with Gasteiger partial charge in [0.15, 0.2) is 0 Å². The molecule has 0 aliphatic carbocycles. The van der Waals surface area contributed by atoms with Crippen molar-refractivity contribution in [3.05, 3.63) is 64.1 Å². The third-order valence-electron chi connectivity index (χ3n) is 5.10. The molecule has 1 aliphatic rings. The van der Waals surface area contributed by atoms with Gasteiger partial charge in [0.25, 0.3) is 0 Å². The van der Waals surface area contributed by atoms with Gasteiger partial charge in [-0.05, 0) is 30.7 Å². The van der Waals surface area contributed by atoms with E-state index in [0.29, 0.717) is 28.8 Å². The summed E-state index contributed by atoms with van der Waals surface area (Å²) in [5.74, 6) is -0.129. The van der Waals surface area contributed by atoms with E-state index in [4.69, 9.17) is 23.2 Å². The van der Waals surface area contributed by atoms with Gasteiger partial charge in [0, 0.05) is 31.2 Å². The SMILES string of the molecule is C[C@@H](NC(=O)CN1CCN(CC(=O)Nc2ccccc2Cl)CC1)c1ccccc1Cl. The van der Waals surface area contributed by atoms with E-state index in [1.54, 1.807) is 12.1 Å². The highest BCUT2D eigenvalue weighted by molar-refractivity contribution is 6.33. The number of para-hydroxylation sites is 1. The molecule has 0 radical (unpaired) electrons.